The van der Waals surface area contributed by atoms with E-state index in [0.717, 1.165) is 12.3 Å². The minimum Gasteiger partial charge on any atom is -0.266 e. The lowest BCUT2D eigenvalue weighted by molar-refractivity contribution is 0.603. The fourth-order valence-electron chi connectivity index (χ4n) is 0.717. The summed E-state index contributed by atoms with van der Waals surface area (Å²) in [6.07, 6.45) is 0.879. The molecule has 14 heavy (non-hydrogen) atoms. The molecule has 0 saturated heterocycles. The molecule has 0 aliphatic heterocycles. The second-order valence-corrected chi connectivity index (χ2v) is 4.10. The van der Waals surface area contributed by atoms with Crippen LogP contribution in [0.25, 0.3) is 0 Å². The van der Waals surface area contributed by atoms with Crippen LogP contribution in [0.1, 0.15) is 0 Å². The van der Waals surface area contributed by atoms with Gasteiger partial charge in [0.1, 0.15) is 11.6 Å². The van der Waals surface area contributed by atoms with Crippen LogP contribution in [0.4, 0.5) is 10.2 Å². The van der Waals surface area contributed by atoms with Crippen molar-refractivity contribution in [2.24, 2.45) is 0 Å². The Balaban J connectivity index is 2.80. The zero-order valence-corrected chi connectivity index (χ0v) is 7.75. The Hall–Kier alpha value is -1.68. The topological polar surface area (TPSA) is 82.8 Å². The van der Waals surface area contributed by atoms with Crippen molar-refractivity contribution in [3.05, 3.63) is 24.1 Å². The van der Waals surface area contributed by atoms with E-state index >= 15 is 0 Å². The number of hydrogen-bond donors (Lipinski definition) is 1. The highest BCUT2D eigenvalue weighted by Gasteiger charge is 2.09. The van der Waals surface area contributed by atoms with Gasteiger partial charge in [0.2, 0.25) is 10.0 Å². The molecule has 5 nitrogen and oxygen atoms in total. The molecule has 0 amide bonds. The molecule has 0 spiro atoms. The fourth-order valence-corrected chi connectivity index (χ4v) is 1.40. The normalized spacial score (nSPS) is 10.6. The number of aromatic nitrogens is 1. The van der Waals surface area contributed by atoms with Crippen LogP contribution in [0.15, 0.2) is 18.3 Å². The molecule has 0 bridgehead atoms. The van der Waals surface area contributed by atoms with E-state index in [2.05, 4.69) is 4.98 Å². The third kappa shape index (κ3) is 2.99. The highest BCUT2D eigenvalue weighted by molar-refractivity contribution is 7.92. The Kier molecular flexibility index (Phi) is 2.99. The molecule has 1 heterocycles. The van der Waals surface area contributed by atoms with Gasteiger partial charge in [0.15, 0.2) is 5.75 Å². The summed E-state index contributed by atoms with van der Waals surface area (Å²) in [5, 5.41) is 8.17. The van der Waals surface area contributed by atoms with Crippen LogP contribution in [0, 0.1) is 17.1 Å². The number of sulfonamides is 1. The second-order valence-electron chi connectivity index (χ2n) is 2.38. The monoisotopic (exact) mass is 215 g/mol. The number of anilines is 1. The van der Waals surface area contributed by atoms with Crippen molar-refractivity contribution >= 4 is 15.8 Å². The Morgan fingerprint density at radius 3 is 2.79 bits per heavy atom. The molecule has 0 unspecified atom stereocenters. The number of halogens is 1. The van der Waals surface area contributed by atoms with Crippen molar-refractivity contribution in [2.45, 2.75) is 0 Å². The van der Waals surface area contributed by atoms with E-state index < -0.39 is 21.6 Å². The summed E-state index contributed by atoms with van der Waals surface area (Å²) in [6, 6.07) is 3.72. The Bertz CT molecular complexity index is 449. The predicted octanol–water partition coefficient (Wildman–Crippen LogP) is 0.486. The van der Waals surface area contributed by atoms with Crippen molar-refractivity contribution in [1.82, 2.24) is 4.98 Å². The van der Waals surface area contributed by atoms with E-state index in [1.165, 1.54) is 12.1 Å². The van der Waals surface area contributed by atoms with E-state index in [1.54, 1.807) is 0 Å². The molecule has 1 N–H and O–H groups in total. The molecule has 1 rings (SSSR count). The Morgan fingerprint density at radius 1 is 1.57 bits per heavy atom. The van der Waals surface area contributed by atoms with Crippen LogP contribution in [0.5, 0.6) is 0 Å². The van der Waals surface area contributed by atoms with Crippen LogP contribution < -0.4 is 4.72 Å². The molecule has 0 aliphatic rings. The smallest absolute Gasteiger partial charge is 0.247 e. The van der Waals surface area contributed by atoms with Gasteiger partial charge >= 0.3 is 0 Å². The zero-order valence-electron chi connectivity index (χ0n) is 6.94. The summed E-state index contributed by atoms with van der Waals surface area (Å²) >= 11 is 0. The van der Waals surface area contributed by atoms with Crippen molar-refractivity contribution < 1.29 is 12.8 Å². The van der Waals surface area contributed by atoms with Gasteiger partial charge in [0.25, 0.3) is 0 Å². The number of hydrogen-bond acceptors (Lipinski definition) is 4. The average Bonchev–Trinajstić information content (AvgIpc) is 2.08. The number of pyridine rings is 1. The molecular weight excluding hydrogens is 209 g/mol. The summed E-state index contributed by atoms with van der Waals surface area (Å²) in [5.74, 6) is -1.23. The molecule has 74 valence electrons. The highest BCUT2D eigenvalue weighted by Crippen LogP contribution is 2.05. The molecule has 0 saturated carbocycles. The zero-order chi connectivity index (χ0) is 10.6. The van der Waals surface area contributed by atoms with Crippen molar-refractivity contribution in [3.8, 4) is 6.07 Å². The highest BCUT2D eigenvalue weighted by atomic mass is 32.2. The van der Waals surface area contributed by atoms with Gasteiger partial charge in [0.05, 0.1) is 12.3 Å². The van der Waals surface area contributed by atoms with E-state index in [-0.39, 0.29) is 5.82 Å². The van der Waals surface area contributed by atoms with Gasteiger partial charge in [-0.1, -0.05) is 0 Å². The van der Waals surface area contributed by atoms with Gasteiger partial charge in [-0.05, 0) is 12.1 Å². The van der Waals surface area contributed by atoms with Crippen LogP contribution in [-0.4, -0.2) is 19.2 Å². The molecule has 1 aromatic heterocycles. The number of nitriles is 1. The standard InChI is InChI=1S/C7H6FN3O2S/c8-6-1-2-7(10-5-6)11-14(12,13)4-3-9/h1-2,5H,4H2,(H,10,11). The van der Waals surface area contributed by atoms with Gasteiger partial charge in [-0.2, -0.15) is 5.26 Å². The van der Waals surface area contributed by atoms with Crippen molar-refractivity contribution in [2.75, 3.05) is 10.5 Å². The lowest BCUT2D eigenvalue weighted by Gasteiger charge is -2.02. The molecule has 1 aromatic rings. The van der Waals surface area contributed by atoms with E-state index in [9.17, 15) is 12.8 Å². The first-order chi connectivity index (χ1) is 6.53. The van der Waals surface area contributed by atoms with Crippen LogP contribution >= 0.6 is 0 Å². The number of nitrogens with zero attached hydrogens (tertiary/aromatic N) is 2. The molecule has 0 radical (unpaired) electrons. The van der Waals surface area contributed by atoms with Crippen LogP contribution in [0.2, 0.25) is 0 Å². The Labute approximate surface area is 80.2 Å². The SMILES string of the molecule is N#CCS(=O)(=O)Nc1ccc(F)cn1. The molecule has 0 atom stereocenters. The first-order valence-corrected chi connectivity index (χ1v) is 5.18. The van der Waals surface area contributed by atoms with Gasteiger partial charge < -0.3 is 0 Å². The molecular formula is C7H6FN3O2S. The minimum absolute atomic E-state index is 0.0124. The number of nitrogens with one attached hydrogen (secondary N) is 1. The first-order valence-electron chi connectivity index (χ1n) is 3.52. The molecule has 0 aromatic carbocycles. The Morgan fingerprint density at radius 2 is 2.29 bits per heavy atom. The largest absolute Gasteiger partial charge is 0.266 e. The predicted molar refractivity (Wildman–Crippen MR) is 47.2 cm³/mol. The van der Waals surface area contributed by atoms with E-state index in [0.29, 0.717) is 0 Å². The summed E-state index contributed by atoms with van der Waals surface area (Å²) in [5.41, 5.74) is 0. The quantitative estimate of drug-likeness (QED) is 0.795. The maximum Gasteiger partial charge on any atom is 0.247 e. The maximum atomic E-state index is 12.4. The lowest BCUT2D eigenvalue weighted by atomic mass is 10.5. The third-order valence-corrected chi connectivity index (χ3v) is 2.27. The maximum absolute atomic E-state index is 12.4. The lowest BCUT2D eigenvalue weighted by Crippen LogP contribution is -2.16. The molecule has 0 aliphatic carbocycles. The number of rotatable bonds is 3. The van der Waals surface area contributed by atoms with Gasteiger partial charge in [-0.3, -0.25) is 4.72 Å². The average molecular weight is 215 g/mol. The van der Waals surface area contributed by atoms with Crippen molar-refractivity contribution in [3.63, 3.8) is 0 Å². The second kappa shape index (κ2) is 4.02. The first kappa shape index (κ1) is 10.4. The van der Waals surface area contributed by atoms with Gasteiger partial charge in [0, 0.05) is 0 Å². The van der Waals surface area contributed by atoms with Gasteiger partial charge in [-0.15, -0.1) is 0 Å². The third-order valence-electron chi connectivity index (χ3n) is 1.24. The van der Waals surface area contributed by atoms with Crippen LogP contribution in [-0.2, 0) is 10.0 Å². The summed E-state index contributed by atoms with van der Waals surface area (Å²) < 4.78 is 36.4. The molecule has 7 heteroatoms. The summed E-state index contributed by atoms with van der Waals surface area (Å²) in [7, 11) is -3.69. The minimum atomic E-state index is -3.69. The van der Waals surface area contributed by atoms with Crippen LogP contribution in [0.3, 0.4) is 0 Å². The summed E-state index contributed by atoms with van der Waals surface area (Å²) in [4.78, 5) is 3.47. The van der Waals surface area contributed by atoms with E-state index in [1.807, 2.05) is 4.72 Å². The molecule has 0 fully saturated rings. The summed E-state index contributed by atoms with van der Waals surface area (Å²) in [6.45, 7) is 0. The van der Waals surface area contributed by atoms with Crippen molar-refractivity contribution in [1.29, 1.82) is 5.26 Å². The fraction of sp³-hybridized carbons (Fsp3) is 0.143. The van der Waals surface area contributed by atoms with E-state index in [4.69, 9.17) is 5.26 Å². The van der Waals surface area contributed by atoms with Gasteiger partial charge in [-0.25, -0.2) is 17.8 Å².